The van der Waals surface area contributed by atoms with E-state index in [9.17, 15) is 9.59 Å². The number of ether oxygens (including phenoxy) is 5. The zero-order chi connectivity index (χ0) is 24.1. The van der Waals surface area contributed by atoms with Crippen LogP contribution in [0.4, 0.5) is 0 Å². The van der Waals surface area contributed by atoms with Crippen LogP contribution in [0.5, 0.6) is 23.0 Å². The van der Waals surface area contributed by atoms with E-state index in [1.165, 1.54) is 25.9 Å². The molecule has 1 heterocycles. The van der Waals surface area contributed by atoms with Gasteiger partial charge in [0.2, 0.25) is 5.75 Å². The summed E-state index contributed by atoms with van der Waals surface area (Å²) in [6, 6.07) is 8.53. The maximum absolute atomic E-state index is 13.7. The van der Waals surface area contributed by atoms with Crippen LogP contribution in [-0.2, 0) is 9.53 Å². The minimum Gasteiger partial charge on any atom is -0.497 e. The SMILES string of the molecule is CCOC(=O)[C@H](C)Sc1nc2c(OC)c(OC)c(OC)cc2c(=O)n1-c1ccc(OC)cc1. The molecule has 0 unspecified atom stereocenters. The van der Waals surface area contributed by atoms with Crippen LogP contribution in [-0.4, -0.2) is 55.8 Å². The molecule has 0 radical (unpaired) electrons. The molecule has 3 aromatic rings. The molecule has 10 heteroatoms. The second-order valence-corrected chi connectivity index (χ2v) is 8.09. The summed E-state index contributed by atoms with van der Waals surface area (Å²) in [6.45, 7) is 3.69. The van der Waals surface area contributed by atoms with Crippen LogP contribution in [0.2, 0.25) is 0 Å². The fraction of sp³-hybridized carbons (Fsp3) is 0.348. The number of hydrogen-bond donors (Lipinski definition) is 0. The van der Waals surface area contributed by atoms with Gasteiger partial charge in [-0.15, -0.1) is 0 Å². The largest absolute Gasteiger partial charge is 0.497 e. The van der Waals surface area contributed by atoms with Gasteiger partial charge in [-0.25, -0.2) is 4.98 Å². The number of hydrogen-bond acceptors (Lipinski definition) is 9. The topological polar surface area (TPSA) is 98.1 Å². The molecule has 0 spiro atoms. The molecule has 33 heavy (non-hydrogen) atoms. The molecular formula is C23H26N2O7S. The first-order valence-electron chi connectivity index (χ1n) is 10.1. The molecule has 1 aromatic heterocycles. The minimum absolute atomic E-state index is 0.255. The molecular weight excluding hydrogens is 448 g/mol. The second kappa shape index (κ2) is 10.5. The molecule has 0 saturated heterocycles. The van der Waals surface area contributed by atoms with Gasteiger partial charge in [-0.1, -0.05) is 11.8 Å². The zero-order valence-electron chi connectivity index (χ0n) is 19.3. The fourth-order valence-electron chi connectivity index (χ4n) is 3.27. The molecule has 176 valence electrons. The van der Waals surface area contributed by atoms with Crippen molar-refractivity contribution in [2.45, 2.75) is 24.3 Å². The van der Waals surface area contributed by atoms with Crippen LogP contribution in [0.25, 0.3) is 16.6 Å². The highest BCUT2D eigenvalue weighted by Gasteiger charge is 2.25. The molecule has 3 rings (SSSR count). The van der Waals surface area contributed by atoms with Crippen LogP contribution < -0.4 is 24.5 Å². The van der Waals surface area contributed by atoms with Gasteiger partial charge in [0.25, 0.3) is 5.56 Å². The van der Waals surface area contributed by atoms with Crippen molar-refractivity contribution >= 4 is 28.6 Å². The average Bonchev–Trinajstić information content (AvgIpc) is 2.83. The third-order valence-electron chi connectivity index (χ3n) is 4.87. The first-order chi connectivity index (χ1) is 15.9. The van der Waals surface area contributed by atoms with Crippen LogP contribution in [0, 0.1) is 0 Å². The third-order valence-corrected chi connectivity index (χ3v) is 5.90. The van der Waals surface area contributed by atoms with Crippen molar-refractivity contribution in [1.29, 1.82) is 0 Å². The zero-order valence-corrected chi connectivity index (χ0v) is 20.1. The van der Waals surface area contributed by atoms with Crippen molar-refractivity contribution in [3.05, 3.63) is 40.7 Å². The number of thioether (sulfide) groups is 1. The number of nitrogens with zero attached hydrogens (tertiary/aromatic N) is 2. The van der Waals surface area contributed by atoms with E-state index in [0.717, 1.165) is 11.8 Å². The number of methoxy groups -OCH3 is 4. The molecule has 9 nitrogen and oxygen atoms in total. The van der Waals surface area contributed by atoms with Crippen molar-refractivity contribution in [3.63, 3.8) is 0 Å². The maximum Gasteiger partial charge on any atom is 0.319 e. The molecule has 1 atom stereocenters. The van der Waals surface area contributed by atoms with Gasteiger partial charge in [0.15, 0.2) is 16.7 Å². The summed E-state index contributed by atoms with van der Waals surface area (Å²) >= 11 is 1.11. The Labute approximate surface area is 195 Å². The molecule has 0 fully saturated rings. The second-order valence-electron chi connectivity index (χ2n) is 6.79. The van der Waals surface area contributed by atoms with Gasteiger partial charge < -0.3 is 23.7 Å². The standard InChI is InChI=1S/C23H26N2O7S/c1-7-32-22(27)13(2)33-23-24-18-16(12-17(29-4)19(30-5)20(18)31-6)21(26)25(23)14-8-10-15(28-3)11-9-14/h8-13H,7H2,1-6H3/t13-/m0/s1. The summed E-state index contributed by atoms with van der Waals surface area (Å²) in [6.07, 6.45) is 0. The Kier molecular flexibility index (Phi) is 7.70. The first kappa shape index (κ1) is 24.2. The van der Waals surface area contributed by atoms with Crippen LogP contribution in [0.1, 0.15) is 13.8 Å². The van der Waals surface area contributed by atoms with E-state index in [4.69, 9.17) is 28.7 Å². The predicted octanol–water partition coefficient (Wildman–Crippen LogP) is 3.46. The Hall–Kier alpha value is -3.40. The van der Waals surface area contributed by atoms with Gasteiger partial charge in [0, 0.05) is 0 Å². The number of esters is 1. The lowest BCUT2D eigenvalue weighted by Crippen LogP contribution is -2.24. The molecule has 0 aliphatic carbocycles. The first-order valence-corrected chi connectivity index (χ1v) is 11.0. The summed E-state index contributed by atoms with van der Waals surface area (Å²) in [7, 11) is 5.97. The Bertz CT molecular complexity index is 1210. The lowest BCUT2D eigenvalue weighted by Gasteiger charge is -2.18. The van der Waals surface area contributed by atoms with Crippen LogP contribution in [0.15, 0.2) is 40.3 Å². The number of carbonyl (C=O) groups is 1. The van der Waals surface area contributed by atoms with E-state index in [0.29, 0.717) is 33.6 Å². The van der Waals surface area contributed by atoms with Crippen LogP contribution in [0.3, 0.4) is 0 Å². The van der Waals surface area contributed by atoms with Crippen molar-refractivity contribution in [1.82, 2.24) is 9.55 Å². The highest BCUT2D eigenvalue weighted by molar-refractivity contribution is 8.00. The maximum atomic E-state index is 13.7. The quantitative estimate of drug-likeness (QED) is 0.262. The summed E-state index contributed by atoms with van der Waals surface area (Å²) in [5.74, 6) is 1.15. The van der Waals surface area contributed by atoms with Crippen molar-refractivity contribution in [2.24, 2.45) is 0 Å². The number of benzene rings is 2. The smallest absolute Gasteiger partial charge is 0.319 e. The minimum atomic E-state index is -0.607. The predicted molar refractivity (Wildman–Crippen MR) is 126 cm³/mol. The van der Waals surface area contributed by atoms with Gasteiger partial charge in [-0.05, 0) is 44.2 Å². The van der Waals surface area contributed by atoms with E-state index in [2.05, 4.69) is 0 Å². The lowest BCUT2D eigenvalue weighted by molar-refractivity contribution is -0.142. The van der Waals surface area contributed by atoms with E-state index in [-0.39, 0.29) is 23.3 Å². The Morgan fingerprint density at radius 2 is 1.70 bits per heavy atom. The van der Waals surface area contributed by atoms with Crippen LogP contribution >= 0.6 is 11.8 Å². The average molecular weight is 475 g/mol. The normalized spacial score (nSPS) is 11.7. The number of rotatable bonds is 9. The van der Waals surface area contributed by atoms with Gasteiger partial charge in [-0.3, -0.25) is 14.2 Å². The van der Waals surface area contributed by atoms with E-state index >= 15 is 0 Å². The summed E-state index contributed by atoms with van der Waals surface area (Å²) in [5.41, 5.74) is 0.494. The summed E-state index contributed by atoms with van der Waals surface area (Å²) in [4.78, 5) is 30.7. The van der Waals surface area contributed by atoms with Crippen molar-refractivity contribution in [2.75, 3.05) is 35.0 Å². The molecule has 2 aromatic carbocycles. The molecule has 0 aliphatic rings. The molecule has 0 aliphatic heterocycles. The van der Waals surface area contributed by atoms with Gasteiger partial charge in [-0.2, -0.15) is 0 Å². The van der Waals surface area contributed by atoms with E-state index in [1.54, 1.807) is 51.3 Å². The molecule has 0 bridgehead atoms. The van der Waals surface area contributed by atoms with E-state index < -0.39 is 11.2 Å². The van der Waals surface area contributed by atoms with E-state index in [1.807, 2.05) is 0 Å². The third kappa shape index (κ3) is 4.70. The van der Waals surface area contributed by atoms with Gasteiger partial charge in [0.1, 0.15) is 16.5 Å². The number of fused-ring (bicyclic) bond motifs is 1. The lowest BCUT2D eigenvalue weighted by atomic mass is 10.2. The molecule has 0 amide bonds. The Balaban J connectivity index is 2.33. The van der Waals surface area contributed by atoms with Crippen molar-refractivity contribution < 1.29 is 28.5 Å². The monoisotopic (exact) mass is 474 g/mol. The highest BCUT2D eigenvalue weighted by Crippen LogP contribution is 2.42. The number of carbonyl (C=O) groups excluding carboxylic acids is 1. The summed E-state index contributed by atoms with van der Waals surface area (Å²) < 4.78 is 28.2. The molecule has 0 saturated carbocycles. The summed E-state index contributed by atoms with van der Waals surface area (Å²) in [5, 5.41) is -0.0397. The fourth-order valence-corrected chi connectivity index (χ4v) is 4.19. The molecule has 0 N–H and O–H groups in total. The Morgan fingerprint density at radius 1 is 1.03 bits per heavy atom. The van der Waals surface area contributed by atoms with Gasteiger partial charge >= 0.3 is 5.97 Å². The highest BCUT2D eigenvalue weighted by atomic mass is 32.2. The number of aromatic nitrogens is 2. The Morgan fingerprint density at radius 3 is 2.24 bits per heavy atom. The van der Waals surface area contributed by atoms with Crippen molar-refractivity contribution in [3.8, 4) is 28.7 Å². The van der Waals surface area contributed by atoms with Gasteiger partial charge in [0.05, 0.1) is 46.1 Å².